The van der Waals surface area contributed by atoms with Gasteiger partial charge < -0.3 is 25.1 Å². The molecule has 9 heteroatoms. The largest absolute Gasteiger partial charge is 0.351 e. The number of aryl methyl sites for hydroxylation is 1. The van der Waals surface area contributed by atoms with Crippen molar-refractivity contribution in [2.75, 3.05) is 13.1 Å². The maximum atomic E-state index is 14.2. The lowest BCUT2D eigenvalue weighted by Crippen LogP contribution is -2.59. The van der Waals surface area contributed by atoms with Crippen LogP contribution in [0.15, 0.2) is 48.5 Å². The summed E-state index contributed by atoms with van der Waals surface area (Å²) < 4.78 is 14.2. The van der Waals surface area contributed by atoms with E-state index in [0.29, 0.717) is 24.2 Å². The van der Waals surface area contributed by atoms with Crippen LogP contribution in [0.3, 0.4) is 0 Å². The highest BCUT2D eigenvalue weighted by atomic mass is 19.1. The average Bonchev–Trinajstić information content (AvgIpc) is 3.67. The van der Waals surface area contributed by atoms with Gasteiger partial charge >= 0.3 is 0 Å². The number of rotatable bonds is 4. The van der Waals surface area contributed by atoms with Crippen molar-refractivity contribution in [1.82, 2.24) is 25.1 Å². The molecule has 208 valence electrons. The topological polar surface area (TPSA) is 101 Å². The first-order valence-electron chi connectivity index (χ1n) is 13.7. The van der Waals surface area contributed by atoms with Crippen molar-refractivity contribution in [2.24, 2.45) is 11.3 Å². The number of fused-ring (bicyclic) bond motifs is 4. The molecule has 0 saturated carbocycles. The number of piperazine rings is 1. The minimum atomic E-state index is -0.802. The fourth-order valence-corrected chi connectivity index (χ4v) is 6.29. The quantitative estimate of drug-likeness (QED) is 0.350. The first-order chi connectivity index (χ1) is 18.9. The molecule has 2 aromatic heterocycles. The molecule has 2 fully saturated rings. The zero-order valence-corrected chi connectivity index (χ0v) is 23.3. The van der Waals surface area contributed by atoms with Gasteiger partial charge in [0.1, 0.15) is 23.2 Å². The van der Waals surface area contributed by atoms with Gasteiger partial charge in [-0.2, -0.15) is 0 Å². The van der Waals surface area contributed by atoms with Crippen LogP contribution in [0.1, 0.15) is 54.2 Å². The van der Waals surface area contributed by atoms with Crippen LogP contribution in [0.5, 0.6) is 0 Å². The van der Waals surface area contributed by atoms with Gasteiger partial charge in [0, 0.05) is 35.3 Å². The Morgan fingerprint density at radius 2 is 1.65 bits per heavy atom. The molecule has 2 bridgehead atoms. The first kappa shape index (κ1) is 26.1. The molecule has 4 heterocycles. The van der Waals surface area contributed by atoms with Crippen LogP contribution in [0, 0.1) is 24.1 Å². The van der Waals surface area contributed by atoms with Gasteiger partial charge in [0.2, 0.25) is 5.91 Å². The van der Waals surface area contributed by atoms with E-state index in [1.807, 2.05) is 61.8 Å². The van der Waals surface area contributed by atoms with Gasteiger partial charge in [0.15, 0.2) is 0 Å². The van der Waals surface area contributed by atoms with E-state index in [1.165, 1.54) is 6.07 Å². The van der Waals surface area contributed by atoms with Crippen molar-refractivity contribution in [2.45, 2.75) is 52.7 Å². The van der Waals surface area contributed by atoms with Crippen LogP contribution >= 0.6 is 0 Å². The number of aromatic amines is 2. The van der Waals surface area contributed by atoms with Crippen LogP contribution in [0.2, 0.25) is 0 Å². The molecule has 2 saturated heterocycles. The summed E-state index contributed by atoms with van der Waals surface area (Å²) in [5.74, 6) is -1.04. The van der Waals surface area contributed by atoms with Gasteiger partial charge in [0.25, 0.3) is 11.8 Å². The number of carbonyl (C=O) groups excluding carboxylic acids is 3. The van der Waals surface area contributed by atoms with Crippen molar-refractivity contribution in [1.29, 1.82) is 0 Å². The van der Waals surface area contributed by atoms with Crippen LogP contribution in [0.25, 0.3) is 21.8 Å². The van der Waals surface area contributed by atoms with Gasteiger partial charge in [-0.1, -0.05) is 52.0 Å². The smallest absolute Gasteiger partial charge is 0.270 e. The monoisotopic (exact) mass is 543 g/mol. The molecule has 40 heavy (non-hydrogen) atoms. The average molecular weight is 544 g/mol. The third-order valence-corrected chi connectivity index (χ3v) is 8.57. The van der Waals surface area contributed by atoms with Crippen molar-refractivity contribution in [3.63, 3.8) is 0 Å². The number of nitrogens with zero attached hydrogens (tertiary/aromatic N) is 2. The van der Waals surface area contributed by atoms with Gasteiger partial charge in [-0.05, 0) is 42.2 Å². The number of H-pyrrole nitrogens is 2. The third-order valence-electron chi connectivity index (χ3n) is 8.57. The second kappa shape index (κ2) is 9.21. The Balaban J connectivity index is 1.19. The van der Waals surface area contributed by atoms with Crippen LogP contribution in [-0.4, -0.2) is 68.7 Å². The summed E-state index contributed by atoms with van der Waals surface area (Å²) in [6, 6.07) is 13.1. The number of aromatic nitrogens is 2. The molecule has 2 aliphatic rings. The Morgan fingerprint density at radius 3 is 2.33 bits per heavy atom. The predicted octanol–water partition coefficient (Wildman–Crippen LogP) is 4.61. The number of hydrogen-bond donors (Lipinski definition) is 3. The van der Waals surface area contributed by atoms with E-state index in [-0.39, 0.29) is 41.0 Å². The standard InChI is InChI=1S/C31H34FN5O3/c1-16-9-10-18-12-23(33-21(18)11-16)29(39)36-14-25-17(2)24(36)15-37(25)30(40)27(31(3,4)5)35-28(38)22-13-19-7-6-8-20(32)26(19)34-22/h6-13,17,24-25,27,33-34H,14-15H2,1-5H3,(H,35,38)/t17-,24-,25+,27-/m1/s1. The zero-order chi connectivity index (χ0) is 28.5. The summed E-state index contributed by atoms with van der Waals surface area (Å²) in [5.41, 5.74) is 2.48. The van der Waals surface area contributed by atoms with Gasteiger partial charge in [-0.25, -0.2) is 4.39 Å². The minimum Gasteiger partial charge on any atom is -0.351 e. The first-order valence-corrected chi connectivity index (χ1v) is 13.7. The van der Waals surface area contributed by atoms with Gasteiger partial charge in [0.05, 0.1) is 17.6 Å². The number of likely N-dealkylation sites (tertiary alicyclic amines) is 2. The lowest BCUT2D eigenvalue weighted by atomic mass is 9.85. The Labute approximate surface area is 231 Å². The van der Waals surface area contributed by atoms with Crippen molar-refractivity contribution in [3.8, 4) is 0 Å². The predicted molar refractivity (Wildman–Crippen MR) is 151 cm³/mol. The SMILES string of the molecule is Cc1ccc2cc(C(=O)N3C[C@H]4[C@H](C)[C@H]3CN4C(=O)[C@@H](NC(=O)c3cc4cccc(F)c4[nH]3)C(C)(C)C)[nH]c2c1. The molecule has 6 rings (SSSR count). The summed E-state index contributed by atoms with van der Waals surface area (Å²) >= 11 is 0. The van der Waals surface area contributed by atoms with Crippen molar-refractivity contribution < 1.29 is 18.8 Å². The van der Waals surface area contributed by atoms with Crippen LogP contribution in [-0.2, 0) is 4.79 Å². The molecule has 8 nitrogen and oxygen atoms in total. The Bertz CT molecular complexity index is 1660. The van der Waals surface area contributed by atoms with Crippen LogP contribution < -0.4 is 5.32 Å². The molecule has 4 aromatic rings. The highest BCUT2D eigenvalue weighted by Gasteiger charge is 2.54. The minimum absolute atomic E-state index is 0.0629. The molecule has 2 aromatic carbocycles. The Hall–Kier alpha value is -4.14. The van der Waals surface area contributed by atoms with E-state index >= 15 is 0 Å². The number of nitrogens with one attached hydrogen (secondary N) is 3. The molecule has 3 amide bonds. The van der Waals surface area contributed by atoms with Crippen LogP contribution in [0.4, 0.5) is 4.39 Å². The third kappa shape index (κ3) is 4.24. The molecule has 0 radical (unpaired) electrons. The van der Waals surface area contributed by atoms with E-state index in [4.69, 9.17) is 0 Å². The summed E-state index contributed by atoms with van der Waals surface area (Å²) in [6.45, 7) is 10.7. The van der Waals surface area contributed by atoms with E-state index in [1.54, 1.807) is 18.2 Å². The molecule has 3 N–H and O–H groups in total. The molecular formula is C31H34FN5O3. The fourth-order valence-electron chi connectivity index (χ4n) is 6.29. The molecular weight excluding hydrogens is 509 g/mol. The fraction of sp³-hybridized carbons (Fsp3) is 0.387. The normalized spacial score (nSPS) is 21.4. The van der Waals surface area contributed by atoms with E-state index in [9.17, 15) is 18.8 Å². The van der Waals surface area contributed by atoms with Crippen molar-refractivity contribution >= 4 is 39.5 Å². The van der Waals surface area contributed by atoms with E-state index < -0.39 is 23.2 Å². The number of carbonyl (C=O) groups is 3. The maximum Gasteiger partial charge on any atom is 0.270 e. The zero-order valence-electron chi connectivity index (χ0n) is 23.3. The lowest BCUT2D eigenvalue weighted by Gasteiger charge is -2.39. The van der Waals surface area contributed by atoms with Gasteiger partial charge in [-0.15, -0.1) is 0 Å². The highest BCUT2D eigenvalue weighted by Crippen LogP contribution is 2.38. The Morgan fingerprint density at radius 1 is 0.950 bits per heavy atom. The number of hydrogen-bond acceptors (Lipinski definition) is 3. The number of benzene rings is 2. The molecule has 0 spiro atoms. The van der Waals surface area contributed by atoms with Gasteiger partial charge in [-0.3, -0.25) is 14.4 Å². The summed E-state index contributed by atoms with van der Waals surface area (Å²) in [6.07, 6.45) is 0. The number of amides is 3. The number of halogens is 1. The van der Waals surface area contributed by atoms with Crippen molar-refractivity contribution in [3.05, 3.63) is 71.3 Å². The maximum absolute atomic E-state index is 14.2. The molecule has 0 unspecified atom stereocenters. The highest BCUT2D eigenvalue weighted by molar-refractivity contribution is 6.01. The molecule has 0 aliphatic carbocycles. The second-order valence-corrected chi connectivity index (χ2v) is 12.4. The second-order valence-electron chi connectivity index (χ2n) is 12.4. The van der Waals surface area contributed by atoms with E-state index in [2.05, 4.69) is 22.2 Å². The lowest BCUT2D eigenvalue weighted by molar-refractivity contribution is -0.138. The summed E-state index contributed by atoms with van der Waals surface area (Å²) in [7, 11) is 0. The Kier molecular flexibility index (Phi) is 6.01. The number of para-hydroxylation sites is 1. The van der Waals surface area contributed by atoms with E-state index in [0.717, 1.165) is 16.5 Å². The summed E-state index contributed by atoms with van der Waals surface area (Å²) in [4.78, 5) is 50.5. The molecule has 4 atom stereocenters. The summed E-state index contributed by atoms with van der Waals surface area (Å²) in [5, 5.41) is 4.49. The molecule has 2 aliphatic heterocycles.